The van der Waals surface area contributed by atoms with Crippen LogP contribution in [0.5, 0.6) is 0 Å². The quantitative estimate of drug-likeness (QED) is 0.878. The Bertz CT molecular complexity index is 717. The average molecular weight is 361 g/mol. The summed E-state index contributed by atoms with van der Waals surface area (Å²) in [5.74, 6) is 1.08. The molecule has 120 valence electrons. The highest BCUT2D eigenvalue weighted by molar-refractivity contribution is 7.99. The molecular formula is C13H17ClN4O2S2. The fraction of sp³-hybridized carbons (Fsp3) is 0.462. The summed E-state index contributed by atoms with van der Waals surface area (Å²) in [6, 6.07) is 1.64. The summed E-state index contributed by atoms with van der Waals surface area (Å²) in [5.41, 5.74) is 6.44. The van der Waals surface area contributed by atoms with Crippen molar-refractivity contribution in [2.24, 2.45) is 5.73 Å². The number of aromatic nitrogens is 2. The van der Waals surface area contributed by atoms with Crippen LogP contribution in [0.2, 0.25) is 0 Å². The summed E-state index contributed by atoms with van der Waals surface area (Å²) in [6.45, 7) is 1.40. The van der Waals surface area contributed by atoms with Crippen molar-refractivity contribution in [2.75, 3.05) is 18.8 Å². The van der Waals surface area contributed by atoms with Gasteiger partial charge in [-0.15, -0.1) is 35.5 Å². The van der Waals surface area contributed by atoms with E-state index in [0.29, 0.717) is 23.0 Å². The summed E-state index contributed by atoms with van der Waals surface area (Å²) >= 11 is 2.91. The summed E-state index contributed by atoms with van der Waals surface area (Å²) in [7, 11) is 0. The number of halogens is 1. The Labute approximate surface area is 142 Å². The number of likely N-dealkylation sites (tertiary alicyclic amines) is 1. The number of fused-ring (bicyclic) bond motifs is 1. The van der Waals surface area contributed by atoms with Crippen LogP contribution in [-0.2, 0) is 10.5 Å². The smallest absolute Gasteiger partial charge is 0.258 e. The molecule has 1 atom stereocenters. The summed E-state index contributed by atoms with van der Waals surface area (Å²) in [5, 5.41) is 1.83. The zero-order chi connectivity index (χ0) is 14.8. The molecule has 1 aliphatic rings. The van der Waals surface area contributed by atoms with Crippen molar-refractivity contribution in [2.45, 2.75) is 18.2 Å². The maximum Gasteiger partial charge on any atom is 0.258 e. The van der Waals surface area contributed by atoms with E-state index in [9.17, 15) is 9.59 Å². The van der Waals surface area contributed by atoms with Crippen LogP contribution in [0.3, 0.4) is 0 Å². The second kappa shape index (κ2) is 7.45. The van der Waals surface area contributed by atoms with Gasteiger partial charge in [0.25, 0.3) is 5.56 Å². The lowest BCUT2D eigenvalue weighted by molar-refractivity contribution is -0.127. The van der Waals surface area contributed by atoms with Crippen LogP contribution in [0.25, 0.3) is 4.96 Å². The van der Waals surface area contributed by atoms with Gasteiger partial charge >= 0.3 is 0 Å². The molecule has 0 radical (unpaired) electrons. The molecule has 0 bridgehead atoms. The minimum Gasteiger partial charge on any atom is -0.340 e. The van der Waals surface area contributed by atoms with E-state index in [1.165, 1.54) is 33.6 Å². The van der Waals surface area contributed by atoms with Crippen molar-refractivity contribution in [3.05, 3.63) is 33.7 Å². The zero-order valence-electron chi connectivity index (χ0n) is 11.8. The van der Waals surface area contributed by atoms with Gasteiger partial charge in [0.05, 0.1) is 11.4 Å². The van der Waals surface area contributed by atoms with Crippen LogP contribution >= 0.6 is 35.5 Å². The lowest BCUT2D eigenvalue weighted by atomic mass is 10.3. The standard InChI is InChI=1S/C13H16N4O2S2.ClH/c14-9-1-2-16(6-9)12(19)8-20-7-10-5-11(18)17-3-4-21-13(17)15-10;/h3-5,9H,1-2,6-8,14H2;1H/t9-;/m1./s1. The van der Waals surface area contributed by atoms with Gasteiger partial charge in [-0.3, -0.25) is 14.0 Å². The van der Waals surface area contributed by atoms with Crippen LogP contribution in [0.15, 0.2) is 22.4 Å². The number of hydrogen-bond acceptors (Lipinski definition) is 6. The first-order valence-electron chi connectivity index (χ1n) is 6.70. The van der Waals surface area contributed by atoms with Crippen LogP contribution in [0.4, 0.5) is 0 Å². The Hall–Kier alpha value is -1.09. The minimum absolute atomic E-state index is 0. The molecule has 3 heterocycles. The zero-order valence-corrected chi connectivity index (χ0v) is 14.3. The van der Waals surface area contributed by atoms with Crippen molar-refractivity contribution in [1.82, 2.24) is 14.3 Å². The number of rotatable bonds is 4. The van der Waals surface area contributed by atoms with Gasteiger partial charge in [0.15, 0.2) is 4.96 Å². The fourth-order valence-corrected chi connectivity index (χ4v) is 3.86. The predicted octanol–water partition coefficient (Wildman–Crippen LogP) is 0.971. The lowest BCUT2D eigenvalue weighted by Crippen LogP contribution is -2.33. The molecule has 0 aliphatic carbocycles. The van der Waals surface area contributed by atoms with E-state index in [0.717, 1.165) is 18.7 Å². The molecular weight excluding hydrogens is 344 g/mol. The van der Waals surface area contributed by atoms with E-state index in [2.05, 4.69) is 4.98 Å². The molecule has 1 aliphatic heterocycles. The Morgan fingerprint density at radius 1 is 1.55 bits per heavy atom. The second-order valence-electron chi connectivity index (χ2n) is 5.02. The number of carbonyl (C=O) groups excluding carboxylic acids is 1. The topological polar surface area (TPSA) is 80.7 Å². The number of nitrogens with zero attached hydrogens (tertiary/aromatic N) is 3. The molecule has 6 nitrogen and oxygen atoms in total. The molecule has 22 heavy (non-hydrogen) atoms. The number of carbonyl (C=O) groups is 1. The molecule has 1 fully saturated rings. The highest BCUT2D eigenvalue weighted by Crippen LogP contribution is 2.14. The Kier molecular flexibility index (Phi) is 5.85. The van der Waals surface area contributed by atoms with Crippen molar-refractivity contribution >= 4 is 46.4 Å². The van der Waals surface area contributed by atoms with Gasteiger partial charge in [-0.05, 0) is 6.42 Å². The monoisotopic (exact) mass is 360 g/mol. The lowest BCUT2D eigenvalue weighted by Gasteiger charge is -2.15. The van der Waals surface area contributed by atoms with Crippen molar-refractivity contribution in [3.8, 4) is 0 Å². The largest absolute Gasteiger partial charge is 0.340 e. The van der Waals surface area contributed by atoms with Gasteiger partial charge in [-0.25, -0.2) is 4.98 Å². The molecule has 2 aromatic heterocycles. The van der Waals surface area contributed by atoms with Crippen molar-refractivity contribution < 1.29 is 4.79 Å². The molecule has 0 aromatic carbocycles. The van der Waals surface area contributed by atoms with Gasteiger partial charge in [0.1, 0.15) is 0 Å². The van der Waals surface area contributed by atoms with Gasteiger partial charge in [0, 0.05) is 42.5 Å². The predicted molar refractivity (Wildman–Crippen MR) is 91.9 cm³/mol. The van der Waals surface area contributed by atoms with Crippen LogP contribution in [0.1, 0.15) is 12.1 Å². The Morgan fingerprint density at radius 3 is 3.09 bits per heavy atom. The van der Waals surface area contributed by atoms with Crippen molar-refractivity contribution in [1.29, 1.82) is 0 Å². The average Bonchev–Trinajstić information content (AvgIpc) is 3.07. The number of hydrogen-bond donors (Lipinski definition) is 1. The number of thiazole rings is 1. The first kappa shape index (κ1) is 17.3. The first-order chi connectivity index (χ1) is 10.1. The molecule has 2 N–H and O–H groups in total. The minimum atomic E-state index is -0.0753. The normalized spacial score (nSPS) is 17.7. The van der Waals surface area contributed by atoms with Gasteiger partial charge in [-0.1, -0.05) is 0 Å². The molecule has 0 spiro atoms. The van der Waals surface area contributed by atoms with E-state index in [4.69, 9.17) is 5.73 Å². The fourth-order valence-electron chi connectivity index (χ4n) is 2.31. The maximum absolute atomic E-state index is 12.0. The molecule has 2 aromatic rings. The molecule has 9 heteroatoms. The third kappa shape index (κ3) is 3.81. The molecule has 1 amide bonds. The molecule has 3 rings (SSSR count). The van der Waals surface area contributed by atoms with Crippen LogP contribution < -0.4 is 11.3 Å². The molecule has 0 saturated carbocycles. The number of nitrogens with two attached hydrogens (primary N) is 1. The maximum atomic E-state index is 12.0. The van der Waals surface area contributed by atoms with E-state index in [1.807, 2.05) is 10.3 Å². The van der Waals surface area contributed by atoms with Gasteiger partial charge < -0.3 is 10.6 Å². The third-order valence-electron chi connectivity index (χ3n) is 3.41. The van der Waals surface area contributed by atoms with Crippen molar-refractivity contribution in [3.63, 3.8) is 0 Å². The van der Waals surface area contributed by atoms with E-state index < -0.39 is 0 Å². The van der Waals surface area contributed by atoms with Crippen LogP contribution in [-0.4, -0.2) is 45.1 Å². The summed E-state index contributed by atoms with van der Waals surface area (Å²) < 4.78 is 1.52. The number of thioether (sulfide) groups is 1. The summed E-state index contributed by atoms with van der Waals surface area (Å²) in [6.07, 6.45) is 2.59. The highest BCUT2D eigenvalue weighted by atomic mass is 35.5. The molecule has 1 saturated heterocycles. The van der Waals surface area contributed by atoms with Crippen LogP contribution in [0, 0.1) is 0 Å². The first-order valence-corrected chi connectivity index (χ1v) is 8.74. The van der Waals surface area contributed by atoms with E-state index in [1.54, 1.807) is 6.20 Å². The second-order valence-corrected chi connectivity index (χ2v) is 6.88. The summed E-state index contributed by atoms with van der Waals surface area (Å²) in [4.78, 5) is 30.7. The Balaban J connectivity index is 0.00000176. The third-order valence-corrected chi connectivity index (χ3v) is 5.12. The number of amides is 1. The molecule has 0 unspecified atom stereocenters. The SMILES string of the molecule is Cl.N[C@@H]1CCN(C(=O)CSCc2cc(=O)n3ccsc3n2)C1. The van der Waals surface area contributed by atoms with E-state index in [-0.39, 0.29) is 29.9 Å². The van der Waals surface area contributed by atoms with Gasteiger partial charge in [-0.2, -0.15) is 0 Å². The Morgan fingerprint density at radius 2 is 2.36 bits per heavy atom. The van der Waals surface area contributed by atoms with Gasteiger partial charge in [0.2, 0.25) is 5.91 Å². The highest BCUT2D eigenvalue weighted by Gasteiger charge is 2.23. The van der Waals surface area contributed by atoms with E-state index >= 15 is 0 Å².